The quantitative estimate of drug-likeness (QED) is 0.742. The lowest BCUT2D eigenvalue weighted by Gasteiger charge is -2.11. The summed E-state index contributed by atoms with van der Waals surface area (Å²) in [4.78, 5) is 3.97. The molecule has 0 saturated carbocycles. The largest absolute Gasteiger partial charge is 0.493 e. The van der Waals surface area contributed by atoms with E-state index in [-0.39, 0.29) is 0 Å². The summed E-state index contributed by atoms with van der Waals surface area (Å²) >= 11 is 0. The molecule has 0 fully saturated rings. The van der Waals surface area contributed by atoms with Gasteiger partial charge in [0.25, 0.3) is 0 Å². The van der Waals surface area contributed by atoms with Gasteiger partial charge in [-0.3, -0.25) is 0 Å². The Morgan fingerprint density at radius 2 is 2.20 bits per heavy atom. The summed E-state index contributed by atoms with van der Waals surface area (Å²) in [5.41, 5.74) is 1.14. The fourth-order valence-corrected chi connectivity index (χ4v) is 1.83. The van der Waals surface area contributed by atoms with Crippen LogP contribution in [-0.4, -0.2) is 30.4 Å². The van der Waals surface area contributed by atoms with Crippen molar-refractivity contribution in [3.63, 3.8) is 0 Å². The molecule has 20 heavy (non-hydrogen) atoms. The fourth-order valence-electron chi connectivity index (χ4n) is 1.83. The first-order valence-electron chi connectivity index (χ1n) is 6.59. The van der Waals surface area contributed by atoms with E-state index in [2.05, 4.69) is 20.0 Å². The van der Waals surface area contributed by atoms with E-state index in [1.807, 2.05) is 25.1 Å². The summed E-state index contributed by atoms with van der Waals surface area (Å²) in [6.07, 6.45) is 2.08. The third-order valence-corrected chi connectivity index (χ3v) is 2.79. The Kier molecular flexibility index (Phi) is 5.37. The molecular formula is C14H19N3O3. The van der Waals surface area contributed by atoms with Crippen LogP contribution in [0.1, 0.15) is 18.3 Å². The summed E-state index contributed by atoms with van der Waals surface area (Å²) in [5.74, 6) is 2.23. The van der Waals surface area contributed by atoms with Gasteiger partial charge in [0, 0.05) is 19.5 Å². The minimum absolute atomic E-state index is 0.624. The van der Waals surface area contributed by atoms with Crippen molar-refractivity contribution in [1.29, 1.82) is 0 Å². The maximum atomic E-state index is 5.49. The zero-order chi connectivity index (χ0) is 14.2. The summed E-state index contributed by atoms with van der Waals surface area (Å²) in [7, 11) is 1.64. The van der Waals surface area contributed by atoms with Gasteiger partial charge in [0.15, 0.2) is 17.3 Å². The van der Waals surface area contributed by atoms with Crippen LogP contribution in [0.4, 0.5) is 0 Å². The van der Waals surface area contributed by atoms with E-state index in [1.54, 1.807) is 7.11 Å². The van der Waals surface area contributed by atoms with Crippen molar-refractivity contribution in [2.24, 2.45) is 0 Å². The molecule has 0 unspecified atom stereocenters. The van der Waals surface area contributed by atoms with E-state index in [9.17, 15) is 0 Å². The monoisotopic (exact) mass is 277 g/mol. The van der Waals surface area contributed by atoms with Crippen molar-refractivity contribution in [3.8, 4) is 11.5 Å². The van der Waals surface area contributed by atoms with Crippen LogP contribution in [0.25, 0.3) is 0 Å². The van der Waals surface area contributed by atoms with Gasteiger partial charge in [-0.1, -0.05) is 11.2 Å². The first-order valence-corrected chi connectivity index (χ1v) is 6.59. The number of hydrogen-bond donors (Lipinski definition) is 1. The second kappa shape index (κ2) is 7.49. The second-order valence-corrected chi connectivity index (χ2v) is 4.19. The van der Waals surface area contributed by atoms with Gasteiger partial charge < -0.3 is 19.3 Å². The molecule has 108 valence electrons. The molecule has 0 bridgehead atoms. The minimum atomic E-state index is 0.624. The Bertz CT molecular complexity index is 514. The van der Waals surface area contributed by atoms with Crippen LogP contribution >= 0.6 is 0 Å². The summed E-state index contributed by atoms with van der Waals surface area (Å²) in [6.45, 7) is 4.11. The van der Waals surface area contributed by atoms with Gasteiger partial charge in [0.1, 0.15) is 0 Å². The Balaban J connectivity index is 1.83. The highest BCUT2D eigenvalue weighted by Gasteiger charge is 2.05. The van der Waals surface area contributed by atoms with Crippen LogP contribution in [0.5, 0.6) is 11.5 Å². The van der Waals surface area contributed by atoms with Crippen molar-refractivity contribution in [3.05, 3.63) is 36.0 Å². The molecular weight excluding hydrogens is 258 g/mol. The van der Waals surface area contributed by atoms with E-state index in [0.29, 0.717) is 12.4 Å². The third-order valence-electron chi connectivity index (χ3n) is 2.79. The Morgan fingerprint density at radius 3 is 2.90 bits per heavy atom. The number of rotatable bonds is 8. The minimum Gasteiger partial charge on any atom is -0.493 e. The molecule has 0 aliphatic rings. The third kappa shape index (κ3) is 3.96. The average molecular weight is 277 g/mol. The molecule has 0 aliphatic carbocycles. The number of nitrogens with zero attached hydrogens (tertiary/aromatic N) is 2. The Labute approximate surface area is 118 Å². The van der Waals surface area contributed by atoms with Crippen LogP contribution in [0.15, 0.2) is 29.1 Å². The van der Waals surface area contributed by atoms with Crippen molar-refractivity contribution < 1.29 is 14.0 Å². The maximum absolute atomic E-state index is 5.49. The van der Waals surface area contributed by atoms with E-state index in [0.717, 1.165) is 36.6 Å². The number of hydrogen-bond acceptors (Lipinski definition) is 6. The topological polar surface area (TPSA) is 69.4 Å². The lowest BCUT2D eigenvalue weighted by Crippen LogP contribution is -2.17. The lowest BCUT2D eigenvalue weighted by atomic mass is 10.2. The number of benzene rings is 1. The molecule has 0 saturated heterocycles. The summed E-state index contributed by atoms with van der Waals surface area (Å²) in [5, 5.41) is 7.08. The van der Waals surface area contributed by atoms with Gasteiger partial charge in [-0.05, 0) is 24.6 Å². The summed E-state index contributed by atoms with van der Waals surface area (Å²) < 4.78 is 15.5. The van der Waals surface area contributed by atoms with Crippen LogP contribution in [0.3, 0.4) is 0 Å². The molecule has 1 aromatic heterocycles. The predicted molar refractivity (Wildman–Crippen MR) is 73.9 cm³/mol. The molecule has 2 rings (SSSR count). The van der Waals surface area contributed by atoms with Gasteiger partial charge in [0.05, 0.1) is 13.7 Å². The molecule has 6 heteroatoms. The number of ether oxygens (including phenoxy) is 2. The van der Waals surface area contributed by atoms with E-state index < -0.39 is 0 Å². The highest BCUT2D eigenvalue weighted by atomic mass is 16.5. The van der Waals surface area contributed by atoms with E-state index >= 15 is 0 Å². The zero-order valence-corrected chi connectivity index (χ0v) is 11.8. The lowest BCUT2D eigenvalue weighted by molar-refractivity contribution is 0.310. The zero-order valence-electron chi connectivity index (χ0n) is 11.8. The molecule has 0 spiro atoms. The van der Waals surface area contributed by atoms with Crippen molar-refractivity contribution in [1.82, 2.24) is 15.5 Å². The molecule has 2 aromatic rings. The summed E-state index contributed by atoms with van der Waals surface area (Å²) in [6, 6.07) is 5.93. The van der Waals surface area contributed by atoms with Crippen LogP contribution in [0, 0.1) is 0 Å². The SMILES string of the molecule is CCOc1ccc(CNCCc2ncon2)cc1OC. The van der Waals surface area contributed by atoms with E-state index in [4.69, 9.17) is 9.47 Å². The molecule has 1 N–H and O–H groups in total. The molecule has 1 aromatic carbocycles. The molecule has 0 amide bonds. The number of nitrogens with one attached hydrogen (secondary N) is 1. The first-order chi connectivity index (χ1) is 9.83. The molecule has 1 heterocycles. The Hall–Kier alpha value is -2.08. The van der Waals surface area contributed by atoms with Crippen LogP contribution < -0.4 is 14.8 Å². The van der Waals surface area contributed by atoms with Crippen LogP contribution in [0.2, 0.25) is 0 Å². The van der Waals surface area contributed by atoms with Gasteiger partial charge in [0.2, 0.25) is 6.39 Å². The number of methoxy groups -OCH3 is 1. The van der Waals surface area contributed by atoms with Gasteiger partial charge in [-0.2, -0.15) is 4.98 Å². The maximum Gasteiger partial charge on any atom is 0.213 e. The predicted octanol–water partition coefficient (Wildman–Crippen LogP) is 1.81. The average Bonchev–Trinajstić information content (AvgIpc) is 2.98. The standard InChI is InChI=1S/C14H19N3O3/c1-3-19-12-5-4-11(8-13(12)18-2)9-15-7-6-14-16-10-20-17-14/h4-5,8,10,15H,3,6-7,9H2,1-2H3. The van der Waals surface area contributed by atoms with Gasteiger partial charge in [-0.15, -0.1) is 0 Å². The molecule has 0 radical (unpaired) electrons. The highest BCUT2D eigenvalue weighted by molar-refractivity contribution is 5.42. The Morgan fingerprint density at radius 1 is 1.30 bits per heavy atom. The molecule has 6 nitrogen and oxygen atoms in total. The smallest absolute Gasteiger partial charge is 0.213 e. The molecule has 0 aliphatic heterocycles. The number of aromatic nitrogens is 2. The van der Waals surface area contributed by atoms with Gasteiger partial charge in [-0.25, -0.2) is 0 Å². The van der Waals surface area contributed by atoms with Crippen LogP contribution in [-0.2, 0) is 13.0 Å². The second-order valence-electron chi connectivity index (χ2n) is 4.19. The molecule has 0 atom stereocenters. The fraction of sp³-hybridized carbons (Fsp3) is 0.429. The first kappa shape index (κ1) is 14.3. The normalized spacial score (nSPS) is 10.5. The van der Waals surface area contributed by atoms with Crippen molar-refractivity contribution >= 4 is 0 Å². The highest BCUT2D eigenvalue weighted by Crippen LogP contribution is 2.27. The van der Waals surface area contributed by atoms with E-state index in [1.165, 1.54) is 6.39 Å². The van der Waals surface area contributed by atoms with Crippen molar-refractivity contribution in [2.45, 2.75) is 19.9 Å². The van der Waals surface area contributed by atoms with Crippen molar-refractivity contribution in [2.75, 3.05) is 20.3 Å². The van der Waals surface area contributed by atoms with Gasteiger partial charge >= 0.3 is 0 Å².